The van der Waals surface area contributed by atoms with E-state index < -0.39 is 0 Å². The quantitative estimate of drug-likeness (QED) is 0.680. The Balaban J connectivity index is 1.48. The largest absolute Gasteiger partial charge is 0.381 e. The third-order valence-corrected chi connectivity index (χ3v) is 5.74. The molecule has 1 aromatic heterocycles. The van der Waals surface area contributed by atoms with E-state index >= 15 is 0 Å². The Morgan fingerprint density at radius 1 is 1.55 bits per heavy atom. The van der Waals surface area contributed by atoms with Crippen molar-refractivity contribution in [2.24, 2.45) is 10.4 Å². The van der Waals surface area contributed by atoms with Crippen LogP contribution < -0.4 is 5.32 Å². The minimum Gasteiger partial charge on any atom is -0.381 e. The zero-order chi connectivity index (χ0) is 15.4. The number of hydrogen-bond donors (Lipinski definition) is 1. The van der Waals surface area contributed by atoms with Gasteiger partial charge in [0.05, 0.1) is 17.3 Å². The number of rotatable bonds is 4. The molecule has 0 amide bonds. The van der Waals surface area contributed by atoms with Crippen LogP contribution in [0.15, 0.2) is 10.4 Å². The van der Waals surface area contributed by atoms with Crippen molar-refractivity contribution in [1.82, 2.24) is 15.2 Å². The fraction of sp³-hybridized carbons (Fsp3) is 0.750. The molecule has 2 saturated heterocycles. The molecule has 1 aromatic rings. The number of nitrogens with zero attached hydrogens (tertiary/aromatic N) is 3. The van der Waals surface area contributed by atoms with Crippen molar-refractivity contribution in [2.75, 3.05) is 39.9 Å². The first-order valence-electron chi connectivity index (χ1n) is 8.21. The van der Waals surface area contributed by atoms with Gasteiger partial charge in [-0.25, -0.2) is 4.98 Å². The lowest BCUT2D eigenvalue weighted by molar-refractivity contribution is 0.156. The van der Waals surface area contributed by atoms with E-state index in [1.807, 2.05) is 7.05 Å². The van der Waals surface area contributed by atoms with Crippen LogP contribution in [0.25, 0.3) is 0 Å². The molecule has 0 aliphatic carbocycles. The van der Waals surface area contributed by atoms with E-state index in [1.165, 1.54) is 23.5 Å². The summed E-state index contributed by atoms with van der Waals surface area (Å²) >= 11 is 1.76. The standard InChI is InChI=1S/C16H26N4OS/c1-3-14-19-13(10-22-14)4-7-18-15(17-2)20-8-5-16(11-20)6-9-21-12-16/h10H,3-9,11-12H2,1-2H3,(H,17,18). The number of aryl methyl sites for hydroxylation is 1. The molecule has 2 fully saturated rings. The average Bonchev–Trinajstić information content (AvgIpc) is 3.26. The van der Waals surface area contributed by atoms with E-state index in [-0.39, 0.29) is 0 Å². The van der Waals surface area contributed by atoms with Crippen molar-refractivity contribution in [3.05, 3.63) is 16.1 Å². The summed E-state index contributed by atoms with van der Waals surface area (Å²) in [4.78, 5) is 11.4. The molecular formula is C16H26N4OS. The van der Waals surface area contributed by atoms with Crippen molar-refractivity contribution in [3.63, 3.8) is 0 Å². The second-order valence-electron chi connectivity index (χ2n) is 6.28. The van der Waals surface area contributed by atoms with E-state index in [4.69, 9.17) is 4.74 Å². The normalized spacial score (nSPS) is 25.4. The van der Waals surface area contributed by atoms with Gasteiger partial charge in [0.25, 0.3) is 0 Å². The lowest BCUT2D eigenvalue weighted by atomic mass is 9.87. The first-order chi connectivity index (χ1) is 10.7. The highest BCUT2D eigenvalue weighted by Gasteiger charge is 2.42. The van der Waals surface area contributed by atoms with Crippen LogP contribution in [0.2, 0.25) is 0 Å². The van der Waals surface area contributed by atoms with Crippen molar-refractivity contribution in [1.29, 1.82) is 0 Å². The number of nitrogens with one attached hydrogen (secondary N) is 1. The fourth-order valence-corrected chi connectivity index (χ4v) is 4.13. The lowest BCUT2D eigenvalue weighted by Gasteiger charge is -2.24. The van der Waals surface area contributed by atoms with Crippen LogP contribution in [0.4, 0.5) is 0 Å². The maximum absolute atomic E-state index is 5.60. The molecule has 122 valence electrons. The van der Waals surface area contributed by atoms with Crippen LogP contribution in [0, 0.1) is 5.41 Å². The Kier molecular flexibility index (Phi) is 4.98. The number of thiazole rings is 1. The molecule has 2 aliphatic heterocycles. The third-order valence-electron chi connectivity index (χ3n) is 4.70. The summed E-state index contributed by atoms with van der Waals surface area (Å²) in [5.74, 6) is 1.02. The number of ether oxygens (including phenoxy) is 1. The van der Waals surface area contributed by atoms with Crippen LogP contribution in [-0.2, 0) is 17.6 Å². The highest BCUT2D eigenvalue weighted by Crippen LogP contribution is 2.38. The van der Waals surface area contributed by atoms with Crippen LogP contribution in [0.3, 0.4) is 0 Å². The van der Waals surface area contributed by atoms with Gasteiger partial charge in [-0.15, -0.1) is 11.3 Å². The number of aliphatic imine (C=N–C) groups is 1. The van der Waals surface area contributed by atoms with Gasteiger partial charge in [-0.3, -0.25) is 4.99 Å². The lowest BCUT2D eigenvalue weighted by Crippen LogP contribution is -2.42. The van der Waals surface area contributed by atoms with Gasteiger partial charge in [-0.1, -0.05) is 6.92 Å². The topological polar surface area (TPSA) is 49.8 Å². The second-order valence-corrected chi connectivity index (χ2v) is 7.23. The third kappa shape index (κ3) is 3.43. The number of likely N-dealkylation sites (tertiary alicyclic amines) is 1. The summed E-state index contributed by atoms with van der Waals surface area (Å²) in [6.07, 6.45) is 4.40. The smallest absolute Gasteiger partial charge is 0.193 e. The van der Waals surface area contributed by atoms with E-state index in [1.54, 1.807) is 11.3 Å². The molecular weight excluding hydrogens is 296 g/mol. The summed E-state index contributed by atoms with van der Waals surface area (Å²) in [6, 6.07) is 0. The van der Waals surface area contributed by atoms with Crippen molar-refractivity contribution in [3.8, 4) is 0 Å². The maximum Gasteiger partial charge on any atom is 0.193 e. The fourth-order valence-electron chi connectivity index (χ4n) is 3.35. The molecule has 1 N–H and O–H groups in total. The molecule has 0 saturated carbocycles. The Morgan fingerprint density at radius 2 is 2.45 bits per heavy atom. The van der Waals surface area contributed by atoms with Gasteiger partial charge < -0.3 is 15.0 Å². The van der Waals surface area contributed by atoms with E-state index in [0.717, 1.165) is 51.6 Å². The van der Waals surface area contributed by atoms with E-state index in [9.17, 15) is 0 Å². The van der Waals surface area contributed by atoms with Crippen LogP contribution >= 0.6 is 11.3 Å². The van der Waals surface area contributed by atoms with E-state index in [0.29, 0.717) is 5.41 Å². The van der Waals surface area contributed by atoms with Crippen molar-refractivity contribution in [2.45, 2.75) is 32.6 Å². The molecule has 6 heteroatoms. The van der Waals surface area contributed by atoms with Gasteiger partial charge in [0, 0.05) is 50.5 Å². The minimum absolute atomic E-state index is 0.378. The van der Waals surface area contributed by atoms with Gasteiger partial charge in [-0.2, -0.15) is 0 Å². The van der Waals surface area contributed by atoms with Crippen molar-refractivity contribution >= 4 is 17.3 Å². The SMILES string of the molecule is CCc1nc(CCNC(=NC)N2CCC3(CCOC3)C2)cs1. The molecule has 0 aromatic carbocycles. The van der Waals surface area contributed by atoms with E-state index in [2.05, 4.69) is 32.5 Å². The average molecular weight is 322 g/mol. The number of hydrogen-bond acceptors (Lipinski definition) is 4. The zero-order valence-corrected chi connectivity index (χ0v) is 14.4. The summed E-state index contributed by atoms with van der Waals surface area (Å²) in [5.41, 5.74) is 1.56. The first kappa shape index (κ1) is 15.7. The Hall–Kier alpha value is -1.14. The van der Waals surface area contributed by atoms with Crippen molar-refractivity contribution < 1.29 is 4.74 Å². The molecule has 2 aliphatic rings. The van der Waals surface area contributed by atoms with Gasteiger partial charge in [0.1, 0.15) is 0 Å². The molecule has 22 heavy (non-hydrogen) atoms. The monoisotopic (exact) mass is 322 g/mol. The summed E-state index contributed by atoms with van der Waals surface area (Å²) in [7, 11) is 1.87. The van der Waals surface area contributed by atoms with Gasteiger partial charge in [0.2, 0.25) is 0 Å². The molecule has 1 atom stereocenters. The number of aromatic nitrogens is 1. The molecule has 3 heterocycles. The zero-order valence-electron chi connectivity index (χ0n) is 13.6. The highest BCUT2D eigenvalue weighted by molar-refractivity contribution is 7.09. The molecule has 5 nitrogen and oxygen atoms in total. The predicted octanol–water partition coefficient (Wildman–Crippen LogP) is 1.94. The first-order valence-corrected chi connectivity index (χ1v) is 9.09. The molecule has 0 bridgehead atoms. The van der Waals surface area contributed by atoms with Crippen LogP contribution in [-0.4, -0.2) is 55.7 Å². The van der Waals surface area contributed by atoms with Gasteiger partial charge >= 0.3 is 0 Å². The number of guanidine groups is 1. The maximum atomic E-state index is 5.60. The molecule has 3 rings (SSSR count). The van der Waals surface area contributed by atoms with Gasteiger partial charge in [-0.05, 0) is 19.3 Å². The molecule has 0 radical (unpaired) electrons. The summed E-state index contributed by atoms with van der Waals surface area (Å²) in [6.45, 7) is 7.03. The summed E-state index contributed by atoms with van der Waals surface area (Å²) in [5, 5.41) is 6.89. The Bertz CT molecular complexity index is 522. The minimum atomic E-state index is 0.378. The predicted molar refractivity (Wildman–Crippen MR) is 90.6 cm³/mol. The Morgan fingerprint density at radius 3 is 3.14 bits per heavy atom. The molecule has 1 unspecified atom stereocenters. The highest BCUT2D eigenvalue weighted by atomic mass is 32.1. The van der Waals surface area contributed by atoms with Gasteiger partial charge in [0.15, 0.2) is 5.96 Å². The second kappa shape index (κ2) is 6.96. The van der Waals surface area contributed by atoms with Crippen LogP contribution in [0.1, 0.15) is 30.5 Å². The molecule has 1 spiro atoms. The van der Waals surface area contributed by atoms with Crippen LogP contribution in [0.5, 0.6) is 0 Å². The summed E-state index contributed by atoms with van der Waals surface area (Å²) < 4.78 is 5.60. The Labute approximate surface area is 136 Å².